The zero-order valence-electron chi connectivity index (χ0n) is 14.8. The fourth-order valence-electron chi connectivity index (χ4n) is 3.58. The number of aromatic nitrogens is 6. The van der Waals surface area contributed by atoms with E-state index in [0.29, 0.717) is 24.6 Å². The van der Waals surface area contributed by atoms with Crippen LogP contribution in [0.3, 0.4) is 0 Å². The number of nitrogens with zero attached hydrogens (tertiary/aromatic N) is 6. The smallest absolute Gasteiger partial charge is 0.403 e. The first-order chi connectivity index (χ1) is 14.0. The molecule has 0 saturated heterocycles. The van der Waals surface area contributed by atoms with E-state index in [1.807, 2.05) is 4.90 Å². The molecule has 1 atom stereocenters. The van der Waals surface area contributed by atoms with Crippen molar-refractivity contribution in [3.63, 3.8) is 0 Å². The highest BCUT2D eigenvalue weighted by Crippen LogP contribution is 2.36. The van der Waals surface area contributed by atoms with Gasteiger partial charge in [0.05, 0.1) is 17.7 Å². The standard InChI is InChI=1S/C18H14F3N7O/c19-18(20,21)29-14-3-1-7-28-13(14)9-12(26-28)16-15-11(24-10-25-15)4-8-27(16)17-22-5-2-6-23-17/h1-3,5-7,9-10,16H,4,8H2,(H,24,25)/t16-/m1/s1. The largest absolute Gasteiger partial charge is 0.573 e. The Balaban J connectivity index is 1.64. The van der Waals surface area contributed by atoms with Crippen molar-refractivity contribution in [2.45, 2.75) is 18.8 Å². The van der Waals surface area contributed by atoms with Gasteiger partial charge in [-0.2, -0.15) is 5.10 Å². The average Bonchev–Trinajstić information content (AvgIpc) is 3.34. The monoisotopic (exact) mass is 401 g/mol. The second kappa shape index (κ2) is 6.47. The maximum atomic E-state index is 12.8. The first-order valence-corrected chi connectivity index (χ1v) is 8.79. The van der Waals surface area contributed by atoms with Gasteiger partial charge in [0, 0.05) is 37.3 Å². The number of nitrogens with one attached hydrogen (secondary N) is 1. The summed E-state index contributed by atoms with van der Waals surface area (Å²) in [6, 6.07) is 5.54. The van der Waals surface area contributed by atoms with Crippen LogP contribution in [0, 0.1) is 0 Å². The van der Waals surface area contributed by atoms with Gasteiger partial charge >= 0.3 is 6.36 Å². The molecule has 1 N–H and O–H groups in total. The quantitative estimate of drug-likeness (QED) is 0.568. The van der Waals surface area contributed by atoms with E-state index in [1.54, 1.807) is 37.1 Å². The number of ether oxygens (including phenoxy) is 1. The number of alkyl halides is 3. The molecule has 1 aliphatic rings. The molecule has 8 nitrogen and oxygen atoms in total. The van der Waals surface area contributed by atoms with Crippen LogP contribution in [0.25, 0.3) is 5.52 Å². The minimum absolute atomic E-state index is 0.205. The molecule has 11 heteroatoms. The molecule has 1 aliphatic heterocycles. The van der Waals surface area contributed by atoms with Gasteiger partial charge in [0.25, 0.3) is 0 Å². The third-order valence-corrected chi connectivity index (χ3v) is 4.72. The SMILES string of the molecule is FC(F)(F)Oc1cccn2nc([C@@H]3c4nc[nH]c4CCN3c3ncccn3)cc12. The van der Waals surface area contributed by atoms with Crippen LogP contribution in [-0.4, -0.2) is 42.5 Å². The fourth-order valence-corrected chi connectivity index (χ4v) is 3.58. The van der Waals surface area contributed by atoms with E-state index in [2.05, 4.69) is 29.8 Å². The molecule has 0 radical (unpaired) electrons. The lowest BCUT2D eigenvalue weighted by atomic mass is 10.00. The predicted octanol–water partition coefficient (Wildman–Crippen LogP) is 2.90. The lowest BCUT2D eigenvalue weighted by Gasteiger charge is -2.33. The molecule has 0 spiro atoms. The molecule has 5 heterocycles. The third kappa shape index (κ3) is 3.13. The number of hydrogen-bond acceptors (Lipinski definition) is 6. The van der Waals surface area contributed by atoms with Crippen LogP contribution in [-0.2, 0) is 6.42 Å². The Morgan fingerprint density at radius 3 is 2.76 bits per heavy atom. The average molecular weight is 401 g/mol. The summed E-state index contributed by atoms with van der Waals surface area (Å²) in [6.07, 6.45) is 2.35. The summed E-state index contributed by atoms with van der Waals surface area (Å²) < 4.78 is 43.9. The summed E-state index contributed by atoms with van der Waals surface area (Å²) in [5.74, 6) is 0.175. The zero-order chi connectivity index (χ0) is 20.0. The van der Waals surface area contributed by atoms with Gasteiger partial charge in [-0.3, -0.25) is 0 Å². The maximum Gasteiger partial charge on any atom is 0.573 e. The van der Waals surface area contributed by atoms with Crippen molar-refractivity contribution in [2.24, 2.45) is 0 Å². The first kappa shape index (κ1) is 17.5. The zero-order valence-corrected chi connectivity index (χ0v) is 14.8. The highest BCUT2D eigenvalue weighted by molar-refractivity contribution is 5.61. The summed E-state index contributed by atoms with van der Waals surface area (Å²) in [4.78, 5) is 18.1. The molecule has 0 saturated carbocycles. The topological polar surface area (TPSA) is 84.2 Å². The molecule has 4 aromatic rings. The Morgan fingerprint density at radius 2 is 1.97 bits per heavy atom. The molecule has 0 bridgehead atoms. The predicted molar refractivity (Wildman–Crippen MR) is 95.4 cm³/mol. The van der Waals surface area contributed by atoms with Crippen LogP contribution in [0.2, 0.25) is 0 Å². The van der Waals surface area contributed by atoms with Crippen LogP contribution in [0.5, 0.6) is 5.75 Å². The fraction of sp³-hybridized carbons (Fsp3) is 0.222. The summed E-state index contributed by atoms with van der Waals surface area (Å²) in [7, 11) is 0. The van der Waals surface area contributed by atoms with Gasteiger partial charge < -0.3 is 14.6 Å². The van der Waals surface area contributed by atoms with Gasteiger partial charge in [0.15, 0.2) is 5.75 Å². The highest BCUT2D eigenvalue weighted by Gasteiger charge is 2.36. The summed E-state index contributed by atoms with van der Waals surface area (Å²) >= 11 is 0. The Labute approximate surface area is 162 Å². The minimum Gasteiger partial charge on any atom is -0.403 e. The molecule has 0 aliphatic carbocycles. The molecule has 148 valence electrons. The molecule has 4 aromatic heterocycles. The number of pyridine rings is 1. The van der Waals surface area contributed by atoms with Gasteiger partial charge in [-0.05, 0) is 24.3 Å². The van der Waals surface area contributed by atoms with Gasteiger partial charge in [0.1, 0.15) is 11.6 Å². The first-order valence-electron chi connectivity index (χ1n) is 8.79. The maximum absolute atomic E-state index is 12.8. The molecule has 0 unspecified atom stereocenters. The van der Waals surface area contributed by atoms with Gasteiger partial charge in [-0.25, -0.2) is 19.5 Å². The Kier molecular flexibility index (Phi) is 3.89. The summed E-state index contributed by atoms with van der Waals surface area (Å²) in [6.45, 7) is 0.601. The number of fused-ring (bicyclic) bond motifs is 2. The van der Waals surface area contributed by atoms with Crippen LogP contribution in [0.15, 0.2) is 49.2 Å². The Morgan fingerprint density at radius 1 is 1.14 bits per heavy atom. The third-order valence-electron chi connectivity index (χ3n) is 4.72. The van der Waals surface area contributed by atoms with Crippen LogP contribution in [0.4, 0.5) is 19.1 Å². The van der Waals surface area contributed by atoms with Crippen molar-refractivity contribution >= 4 is 11.5 Å². The van der Waals surface area contributed by atoms with Crippen molar-refractivity contribution in [1.29, 1.82) is 0 Å². The molecule has 0 aromatic carbocycles. The van der Waals surface area contributed by atoms with E-state index in [-0.39, 0.29) is 11.3 Å². The van der Waals surface area contributed by atoms with E-state index < -0.39 is 12.4 Å². The van der Waals surface area contributed by atoms with E-state index in [0.717, 1.165) is 11.4 Å². The van der Waals surface area contributed by atoms with Crippen molar-refractivity contribution in [3.05, 3.63) is 66.3 Å². The Hall–Kier alpha value is -3.63. The van der Waals surface area contributed by atoms with Crippen LogP contribution >= 0.6 is 0 Å². The lowest BCUT2D eigenvalue weighted by molar-refractivity contribution is -0.274. The number of aromatic amines is 1. The van der Waals surface area contributed by atoms with Crippen LogP contribution in [0.1, 0.15) is 23.1 Å². The normalized spacial score (nSPS) is 16.8. The second-order valence-corrected chi connectivity index (χ2v) is 6.48. The summed E-state index contributed by atoms with van der Waals surface area (Å²) in [5.41, 5.74) is 2.41. The van der Waals surface area contributed by atoms with E-state index in [4.69, 9.17) is 0 Å². The van der Waals surface area contributed by atoms with Crippen molar-refractivity contribution in [1.82, 2.24) is 29.5 Å². The number of H-pyrrole nitrogens is 1. The molecule has 29 heavy (non-hydrogen) atoms. The molecule has 0 amide bonds. The van der Waals surface area contributed by atoms with Crippen molar-refractivity contribution < 1.29 is 17.9 Å². The minimum atomic E-state index is -4.80. The van der Waals surface area contributed by atoms with Crippen molar-refractivity contribution in [2.75, 3.05) is 11.4 Å². The van der Waals surface area contributed by atoms with Gasteiger partial charge in [-0.15, -0.1) is 13.2 Å². The number of hydrogen-bond donors (Lipinski definition) is 1. The Bertz CT molecular complexity index is 1160. The second-order valence-electron chi connectivity index (χ2n) is 6.48. The molecular weight excluding hydrogens is 387 g/mol. The lowest BCUT2D eigenvalue weighted by Crippen LogP contribution is -2.37. The molecular formula is C18H14F3N7O. The van der Waals surface area contributed by atoms with E-state index >= 15 is 0 Å². The van der Waals surface area contributed by atoms with Crippen LogP contribution < -0.4 is 9.64 Å². The number of rotatable bonds is 3. The van der Waals surface area contributed by atoms with Crippen molar-refractivity contribution in [3.8, 4) is 5.75 Å². The number of anilines is 1. The highest BCUT2D eigenvalue weighted by atomic mass is 19.4. The summed E-state index contributed by atoms with van der Waals surface area (Å²) in [5, 5.41) is 4.50. The van der Waals surface area contributed by atoms with E-state index in [1.165, 1.54) is 16.6 Å². The molecule has 0 fully saturated rings. The molecule has 5 rings (SSSR count). The van der Waals surface area contributed by atoms with E-state index in [9.17, 15) is 13.2 Å². The van der Waals surface area contributed by atoms with Gasteiger partial charge in [0.2, 0.25) is 5.95 Å². The van der Waals surface area contributed by atoms with Gasteiger partial charge in [-0.1, -0.05) is 0 Å². The number of halogens is 3. The number of imidazole rings is 1.